The van der Waals surface area contributed by atoms with Gasteiger partial charge in [0.25, 0.3) is 0 Å². The monoisotopic (exact) mass is 344 g/mol. The summed E-state index contributed by atoms with van der Waals surface area (Å²) in [4.78, 5) is 16.1. The smallest absolute Gasteiger partial charge is 0.235 e. The second kappa shape index (κ2) is 5.29. The van der Waals surface area contributed by atoms with Gasteiger partial charge in [-0.25, -0.2) is 0 Å². The van der Waals surface area contributed by atoms with Gasteiger partial charge in [-0.3, -0.25) is 4.79 Å². The van der Waals surface area contributed by atoms with Crippen molar-refractivity contribution in [2.75, 3.05) is 5.32 Å². The lowest BCUT2D eigenvalue weighted by molar-refractivity contribution is -0.118. The van der Waals surface area contributed by atoms with Crippen LogP contribution in [0.25, 0.3) is 10.9 Å². The van der Waals surface area contributed by atoms with Crippen LogP contribution in [-0.2, 0) is 10.2 Å². The SMILES string of the molecule is O=C(Nc1ccc(Cl)c(Cl)c1)C1(c2c[nH]c3ccccc23)CC1. The molecule has 4 rings (SSSR count). The minimum Gasteiger partial charge on any atom is -0.361 e. The molecule has 1 fully saturated rings. The van der Waals surface area contributed by atoms with Crippen molar-refractivity contribution in [3.8, 4) is 0 Å². The summed E-state index contributed by atoms with van der Waals surface area (Å²) in [6.45, 7) is 0. The Morgan fingerprint density at radius 1 is 1.09 bits per heavy atom. The van der Waals surface area contributed by atoms with Crippen molar-refractivity contribution in [1.82, 2.24) is 4.98 Å². The number of aromatic nitrogens is 1. The number of rotatable bonds is 3. The molecule has 1 amide bonds. The molecule has 3 aromatic rings. The van der Waals surface area contributed by atoms with Gasteiger partial charge >= 0.3 is 0 Å². The van der Waals surface area contributed by atoms with Crippen LogP contribution in [0.5, 0.6) is 0 Å². The van der Waals surface area contributed by atoms with Gasteiger partial charge in [-0.15, -0.1) is 0 Å². The van der Waals surface area contributed by atoms with E-state index in [9.17, 15) is 4.79 Å². The van der Waals surface area contributed by atoms with Gasteiger partial charge in [0.05, 0.1) is 15.5 Å². The Kier molecular flexibility index (Phi) is 3.36. The van der Waals surface area contributed by atoms with Crippen molar-refractivity contribution in [2.24, 2.45) is 0 Å². The quantitative estimate of drug-likeness (QED) is 0.678. The average molecular weight is 345 g/mol. The van der Waals surface area contributed by atoms with Crippen molar-refractivity contribution < 1.29 is 4.79 Å². The molecule has 0 aliphatic heterocycles. The zero-order valence-electron chi connectivity index (χ0n) is 12.2. The summed E-state index contributed by atoms with van der Waals surface area (Å²) in [5, 5.41) is 4.98. The standard InChI is InChI=1S/C18H14Cl2N2O/c19-14-6-5-11(9-15(14)20)22-17(23)18(7-8-18)13-10-21-16-4-2-1-3-12(13)16/h1-6,9-10,21H,7-8H2,(H,22,23). The first-order valence-corrected chi connectivity index (χ1v) is 8.19. The lowest BCUT2D eigenvalue weighted by Gasteiger charge is -2.15. The Hall–Kier alpha value is -1.97. The molecule has 1 aliphatic rings. The molecule has 1 saturated carbocycles. The molecule has 0 unspecified atom stereocenters. The molecule has 3 nitrogen and oxygen atoms in total. The Balaban J connectivity index is 1.66. The summed E-state index contributed by atoms with van der Waals surface area (Å²) >= 11 is 11.9. The molecule has 5 heteroatoms. The van der Waals surface area contributed by atoms with Crippen LogP contribution < -0.4 is 5.32 Å². The number of carbonyl (C=O) groups is 1. The first kappa shape index (κ1) is 14.6. The molecule has 1 aromatic heterocycles. The highest BCUT2D eigenvalue weighted by molar-refractivity contribution is 6.42. The summed E-state index contributed by atoms with van der Waals surface area (Å²) in [7, 11) is 0. The number of amides is 1. The van der Waals surface area contributed by atoms with Crippen LogP contribution in [0.15, 0.2) is 48.7 Å². The topological polar surface area (TPSA) is 44.9 Å². The number of anilines is 1. The molecule has 2 aromatic carbocycles. The normalized spacial score (nSPS) is 15.6. The number of hydrogen-bond acceptors (Lipinski definition) is 1. The second-order valence-corrected chi connectivity index (χ2v) is 6.73. The fourth-order valence-corrected chi connectivity index (χ4v) is 3.33. The van der Waals surface area contributed by atoms with Gasteiger partial charge in [-0.1, -0.05) is 41.4 Å². The van der Waals surface area contributed by atoms with Crippen LogP contribution in [0.3, 0.4) is 0 Å². The third-order valence-electron chi connectivity index (χ3n) is 4.47. The van der Waals surface area contributed by atoms with E-state index in [4.69, 9.17) is 23.2 Å². The summed E-state index contributed by atoms with van der Waals surface area (Å²) in [6.07, 6.45) is 3.65. The summed E-state index contributed by atoms with van der Waals surface area (Å²) in [5.41, 5.74) is 2.32. The van der Waals surface area contributed by atoms with Gasteiger partial charge in [0.2, 0.25) is 5.91 Å². The number of benzene rings is 2. The van der Waals surface area contributed by atoms with E-state index in [2.05, 4.69) is 10.3 Å². The largest absolute Gasteiger partial charge is 0.361 e. The van der Waals surface area contributed by atoms with Crippen molar-refractivity contribution in [3.63, 3.8) is 0 Å². The molecule has 0 saturated heterocycles. The highest BCUT2D eigenvalue weighted by Crippen LogP contribution is 2.51. The highest BCUT2D eigenvalue weighted by atomic mass is 35.5. The van der Waals surface area contributed by atoms with E-state index < -0.39 is 5.41 Å². The molecular weight excluding hydrogens is 331 g/mol. The number of hydrogen-bond donors (Lipinski definition) is 2. The summed E-state index contributed by atoms with van der Waals surface area (Å²) in [5.74, 6) is 0.000595. The molecule has 0 bridgehead atoms. The third-order valence-corrected chi connectivity index (χ3v) is 5.21. The van der Waals surface area contributed by atoms with Crippen LogP contribution in [0.4, 0.5) is 5.69 Å². The van der Waals surface area contributed by atoms with E-state index in [0.29, 0.717) is 15.7 Å². The molecule has 0 radical (unpaired) electrons. The summed E-state index contributed by atoms with van der Waals surface area (Å²) in [6, 6.07) is 13.2. The fraction of sp³-hybridized carbons (Fsp3) is 0.167. The predicted octanol–water partition coefficient (Wildman–Crippen LogP) is 5.15. The minimum atomic E-state index is -0.453. The Labute approximate surface area is 143 Å². The van der Waals surface area contributed by atoms with Crippen molar-refractivity contribution >= 4 is 45.7 Å². The van der Waals surface area contributed by atoms with Crippen LogP contribution in [0.1, 0.15) is 18.4 Å². The number of fused-ring (bicyclic) bond motifs is 1. The molecule has 2 N–H and O–H groups in total. The molecular formula is C18H14Cl2N2O. The first-order valence-electron chi connectivity index (χ1n) is 7.43. The Morgan fingerprint density at radius 2 is 1.87 bits per heavy atom. The van der Waals surface area contributed by atoms with Crippen molar-refractivity contribution in [3.05, 3.63) is 64.3 Å². The van der Waals surface area contributed by atoms with Crippen molar-refractivity contribution in [2.45, 2.75) is 18.3 Å². The van der Waals surface area contributed by atoms with E-state index in [1.165, 1.54) is 0 Å². The van der Waals surface area contributed by atoms with Crippen molar-refractivity contribution in [1.29, 1.82) is 0 Å². The number of halogens is 2. The molecule has 1 heterocycles. The third kappa shape index (κ3) is 2.41. The molecule has 116 valence electrons. The molecule has 0 spiro atoms. The van der Waals surface area contributed by atoms with Gasteiger partial charge in [0.1, 0.15) is 0 Å². The van der Waals surface area contributed by atoms with Crippen LogP contribution in [0, 0.1) is 0 Å². The molecule has 0 atom stereocenters. The first-order chi connectivity index (χ1) is 11.1. The van der Waals surface area contributed by atoms with Gasteiger partial charge in [-0.05, 0) is 42.7 Å². The predicted molar refractivity (Wildman–Crippen MR) is 94.3 cm³/mol. The Morgan fingerprint density at radius 3 is 2.61 bits per heavy atom. The maximum absolute atomic E-state index is 12.8. The molecule has 1 aliphatic carbocycles. The zero-order valence-corrected chi connectivity index (χ0v) is 13.7. The number of aromatic amines is 1. The maximum Gasteiger partial charge on any atom is 0.235 e. The zero-order chi connectivity index (χ0) is 16.0. The van der Waals surface area contributed by atoms with E-state index in [1.807, 2.05) is 30.5 Å². The minimum absolute atomic E-state index is 0.000595. The number of carbonyl (C=O) groups excluding carboxylic acids is 1. The fourth-order valence-electron chi connectivity index (χ4n) is 3.04. The van der Waals surface area contributed by atoms with E-state index in [0.717, 1.165) is 29.3 Å². The maximum atomic E-state index is 12.8. The van der Waals surface area contributed by atoms with E-state index in [1.54, 1.807) is 18.2 Å². The number of nitrogens with one attached hydrogen (secondary N) is 2. The Bertz CT molecular complexity index is 912. The van der Waals surface area contributed by atoms with Gasteiger partial charge in [-0.2, -0.15) is 0 Å². The molecule has 23 heavy (non-hydrogen) atoms. The summed E-state index contributed by atoms with van der Waals surface area (Å²) < 4.78 is 0. The number of H-pyrrole nitrogens is 1. The van der Waals surface area contributed by atoms with Crippen LogP contribution in [0.2, 0.25) is 10.0 Å². The second-order valence-electron chi connectivity index (χ2n) is 5.91. The lowest BCUT2D eigenvalue weighted by Crippen LogP contribution is -2.27. The van der Waals surface area contributed by atoms with Crippen LogP contribution in [-0.4, -0.2) is 10.9 Å². The van der Waals surface area contributed by atoms with Gasteiger partial charge < -0.3 is 10.3 Å². The van der Waals surface area contributed by atoms with Crippen LogP contribution >= 0.6 is 23.2 Å². The van der Waals surface area contributed by atoms with Gasteiger partial charge in [0.15, 0.2) is 0 Å². The average Bonchev–Trinajstić information content (AvgIpc) is 3.24. The highest BCUT2D eigenvalue weighted by Gasteiger charge is 2.52. The number of para-hydroxylation sites is 1. The van der Waals surface area contributed by atoms with E-state index in [-0.39, 0.29) is 5.91 Å². The lowest BCUT2D eigenvalue weighted by atomic mass is 9.94. The van der Waals surface area contributed by atoms with Gasteiger partial charge in [0, 0.05) is 22.8 Å². The van der Waals surface area contributed by atoms with E-state index >= 15 is 0 Å².